The lowest BCUT2D eigenvalue weighted by Crippen LogP contribution is -2.44. The van der Waals surface area contributed by atoms with Crippen LogP contribution in [0.1, 0.15) is 37.8 Å². The van der Waals surface area contributed by atoms with Crippen LogP contribution in [0.2, 0.25) is 0 Å². The Morgan fingerprint density at radius 3 is 3.00 bits per heavy atom. The van der Waals surface area contributed by atoms with Crippen LogP contribution in [0.4, 0.5) is 0 Å². The van der Waals surface area contributed by atoms with Gasteiger partial charge in [0.05, 0.1) is 5.69 Å². The van der Waals surface area contributed by atoms with Crippen LogP contribution >= 0.6 is 11.8 Å². The summed E-state index contributed by atoms with van der Waals surface area (Å²) < 4.78 is 0. The summed E-state index contributed by atoms with van der Waals surface area (Å²) in [6.07, 6.45) is 7.05. The number of nitrogens with two attached hydrogens (primary N) is 1. The lowest BCUT2D eigenvalue weighted by molar-refractivity contribution is -0.121. The topological polar surface area (TPSA) is 68.0 Å². The number of rotatable bonds is 7. The molecular weight excluding hydrogens is 282 g/mol. The van der Waals surface area contributed by atoms with E-state index < -0.39 is 0 Å². The second kappa shape index (κ2) is 9.05. The maximum Gasteiger partial charge on any atom is 0.221 e. The second-order valence-electron chi connectivity index (χ2n) is 5.58. The van der Waals surface area contributed by atoms with Crippen molar-refractivity contribution in [2.75, 3.05) is 12.3 Å². The minimum Gasteiger partial charge on any atom is -0.353 e. The molecule has 0 aromatic carbocycles. The first-order valence-electron chi connectivity index (χ1n) is 7.76. The highest BCUT2D eigenvalue weighted by Gasteiger charge is 2.24. The van der Waals surface area contributed by atoms with Crippen LogP contribution in [0.25, 0.3) is 0 Å². The predicted octanol–water partition coefficient (Wildman–Crippen LogP) is 2.34. The van der Waals surface area contributed by atoms with Gasteiger partial charge in [-0.25, -0.2) is 0 Å². The van der Waals surface area contributed by atoms with Crippen molar-refractivity contribution in [2.45, 2.75) is 43.9 Å². The number of carbonyl (C=O) groups excluding carboxylic acids is 1. The van der Waals surface area contributed by atoms with E-state index in [0.29, 0.717) is 18.9 Å². The Morgan fingerprint density at radius 1 is 1.38 bits per heavy atom. The summed E-state index contributed by atoms with van der Waals surface area (Å²) >= 11 is 1.76. The second-order valence-corrected chi connectivity index (χ2v) is 6.68. The molecule has 1 heterocycles. The van der Waals surface area contributed by atoms with E-state index in [1.165, 1.54) is 12.8 Å². The molecule has 4 nitrogen and oxygen atoms in total. The van der Waals surface area contributed by atoms with Crippen LogP contribution in [-0.2, 0) is 10.5 Å². The molecule has 1 aromatic heterocycles. The maximum absolute atomic E-state index is 12.0. The molecule has 2 atom stereocenters. The SMILES string of the molecule is NCC1CCCCC1NC(=O)CCSCc1ccccn1. The monoisotopic (exact) mass is 307 g/mol. The largest absolute Gasteiger partial charge is 0.353 e. The van der Waals surface area contributed by atoms with Crippen molar-refractivity contribution < 1.29 is 4.79 Å². The molecule has 2 unspecified atom stereocenters. The number of carbonyl (C=O) groups is 1. The molecule has 1 fully saturated rings. The molecule has 0 aliphatic heterocycles. The fourth-order valence-corrected chi connectivity index (χ4v) is 3.64. The third-order valence-corrected chi connectivity index (χ3v) is 5.00. The number of thioether (sulfide) groups is 1. The highest BCUT2D eigenvalue weighted by atomic mass is 32.2. The fraction of sp³-hybridized carbons (Fsp3) is 0.625. The van der Waals surface area contributed by atoms with Crippen molar-refractivity contribution >= 4 is 17.7 Å². The van der Waals surface area contributed by atoms with E-state index in [0.717, 1.165) is 30.0 Å². The summed E-state index contributed by atoms with van der Waals surface area (Å²) in [4.78, 5) is 16.3. The third kappa shape index (κ3) is 5.67. The van der Waals surface area contributed by atoms with Gasteiger partial charge in [0, 0.05) is 30.2 Å². The quantitative estimate of drug-likeness (QED) is 0.759. The highest BCUT2D eigenvalue weighted by molar-refractivity contribution is 7.98. The Balaban J connectivity index is 1.63. The number of hydrogen-bond acceptors (Lipinski definition) is 4. The Kier molecular flexibility index (Phi) is 7.03. The first kappa shape index (κ1) is 16.3. The number of amides is 1. The Morgan fingerprint density at radius 2 is 2.24 bits per heavy atom. The van der Waals surface area contributed by atoms with Gasteiger partial charge in [0.25, 0.3) is 0 Å². The average molecular weight is 307 g/mol. The molecule has 0 saturated heterocycles. The van der Waals surface area contributed by atoms with Gasteiger partial charge in [-0.3, -0.25) is 9.78 Å². The van der Waals surface area contributed by atoms with Crippen molar-refractivity contribution in [1.29, 1.82) is 0 Å². The standard InChI is InChI=1S/C16H25N3OS/c17-11-13-5-1-2-7-15(13)19-16(20)8-10-21-12-14-6-3-4-9-18-14/h3-4,6,9,13,15H,1-2,5,7-8,10-12,17H2,(H,19,20). The number of pyridine rings is 1. The molecule has 21 heavy (non-hydrogen) atoms. The van der Waals surface area contributed by atoms with E-state index in [2.05, 4.69) is 10.3 Å². The summed E-state index contributed by atoms with van der Waals surface area (Å²) in [6, 6.07) is 6.21. The minimum atomic E-state index is 0.161. The van der Waals surface area contributed by atoms with Crippen LogP contribution < -0.4 is 11.1 Å². The fourth-order valence-electron chi connectivity index (χ4n) is 2.78. The van der Waals surface area contributed by atoms with Crippen LogP contribution in [0.5, 0.6) is 0 Å². The molecule has 2 rings (SSSR count). The lowest BCUT2D eigenvalue weighted by atomic mass is 9.84. The molecule has 1 saturated carbocycles. The molecule has 3 N–H and O–H groups in total. The Hall–Kier alpha value is -1.07. The third-order valence-electron chi connectivity index (χ3n) is 4.01. The van der Waals surface area contributed by atoms with Crippen molar-refractivity contribution in [1.82, 2.24) is 10.3 Å². The van der Waals surface area contributed by atoms with Crippen molar-refractivity contribution in [3.63, 3.8) is 0 Å². The van der Waals surface area contributed by atoms with Crippen LogP contribution in [0, 0.1) is 5.92 Å². The first-order chi connectivity index (χ1) is 10.3. The normalized spacial score (nSPS) is 22.0. The average Bonchev–Trinajstić information content (AvgIpc) is 2.53. The van der Waals surface area contributed by atoms with E-state index in [9.17, 15) is 4.79 Å². The first-order valence-corrected chi connectivity index (χ1v) is 8.92. The zero-order valence-corrected chi connectivity index (χ0v) is 13.3. The minimum absolute atomic E-state index is 0.161. The van der Waals surface area contributed by atoms with E-state index in [1.54, 1.807) is 18.0 Å². The molecule has 0 spiro atoms. The van der Waals surface area contributed by atoms with Gasteiger partial charge < -0.3 is 11.1 Å². The summed E-state index contributed by atoms with van der Waals surface area (Å²) in [7, 11) is 0. The van der Waals surface area contributed by atoms with Crippen LogP contribution in [-0.4, -0.2) is 29.2 Å². The van der Waals surface area contributed by atoms with Gasteiger partial charge >= 0.3 is 0 Å². The van der Waals surface area contributed by atoms with Crippen molar-refractivity contribution in [3.05, 3.63) is 30.1 Å². The van der Waals surface area contributed by atoms with Crippen LogP contribution in [0.3, 0.4) is 0 Å². The van der Waals surface area contributed by atoms with E-state index in [-0.39, 0.29) is 11.9 Å². The molecule has 1 aromatic rings. The predicted molar refractivity (Wildman–Crippen MR) is 88.0 cm³/mol. The van der Waals surface area contributed by atoms with Gasteiger partial charge in [-0.1, -0.05) is 18.9 Å². The molecule has 1 aliphatic carbocycles. The number of aromatic nitrogens is 1. The molecule has 5 heteroatoms. The summed E-state index contributed by atoms with van der Waals surface area (Å²) in [6.45, 7) is 0.680. The summed E-state index contributed by atoms with van der Waals surface area (Å²) in [5.41, 5.74) is 6.86. The van der Waals surface area contributed by atoms with Gasteiger partial charge in [-0.2, -0.15) is 11.8 Å². The zero-order chi connectivity index (χ0) is 14.9. The Bertz CT molecular complexity index is 427. The highest BCUT2D eigenvalue weighted by Crippen LogP contribution is 2.23. The number of nitrogens with zero attached hydrogens (tertiary/aromatic N) is 1. The van der Waals surface area contributed by atoms with Gasteiger partial charge in [0.2, 0.25) is 5.91 Å². The van der Waals surface area contributed by atoms with Crippen molar-refractivity contribution in [3.8, 4) is 0 Å². The van der Waals surface area contributed by atoms with Gasteiger partial charge in [-0.15, -0.1) is 0 Å². The zero-order valence-electron chi connectivity index (χ0n) is 12.5. The van der Waals surface area contributed by atoms with E-state index >= 15 is 0 Å². The Labute approximate surface area is 131 Å². The lowest BCUT2D eigenvalue weighted by Gasteiger charge is -2.31. The maximum atomic E-state index is 12.0. The van der Waals surface area contributed by atoms with Gasteiger partial charge in [0.1, 0.15) is 0 Å². The molecule has 0 bridgehead atoms. The van der Waals surface area contributed by atoms with E-state index in [1.807, 2.05) is 18.2 Å². The summed E-state index contributed by atoms with van der Waals surface area (Å²) in [5.74, 6) is 2.32. The van der Waals surface area contributed by atoms with Crippen molar-refractivity contribution in [2.24, 2.45) is 11.7 Å². The summed E-state index contributed by atoms with van der Waals surface area (Å²) in [5, 5.41) is 3.17. The smallest absolute Gasteiger partial charge is 0.221 e. The molecule has 0 radical (unpaired) electrons. The molecule has 116 valence electrons. The van der Waals surface area contributed by atoms with Crippen LogP contribution in [0.15, 0.2) is 24.4 Å². The van der Waals surface area contributed by atoms with E-state index in [4.69, 9.17) is 5.73 Å². The van der Waals surface area contributed by atoms with Gasteiger partial charge in [-0.05, 0) is 37.4 Å². The molecular formula is C16H25N3OS. The molecule has 1 amide bonds. The van der Waals surface area contributed by atoms with Gasteiger partial charge in [0.15, 0.2) is 0 Å². The molecule has 1 aliphatic rings. The number of hydrogen-bond donors (Lipinski definition) is 2. The number of nitrogens with one attached hydrogen (secondary N) is 1.